The Kier molecular flexibility index (Phi) is 5.95. The summed E-state index contributed by atoms with van der Waals surface area (Å²) in [6.07, 6.45) is 5.98. The van der Waals surface area contributed by atoms with Crippen LogP contribution in [0.15, 0.2) is 72.8 Å². The van der Waals surface area contributed by atoms with Gasteiger partial charge >= 0.3 is 0 Å². The van der Waals surface area contributed by atoms with Crippen LogP contribution in [0.3, 0.4) is 0 Å². The van der Waals surface area contributed by atoms with Gasteiger partial charge in [0, 0.05) is 28.8 Å². The molecule has 0 fully saturated rings. The average molecular weight is 484 g/mol. The second kappa shape index (κ2) is 9.23. The van der Waals surface area contributed by atoms with Crippen molar-refractivity contribution in [2.24, 2.45) is 0 Å². The van der Waals surface area contributed by atoms with E-state index in [9.17, 15) is 0 Å². The average Bonchev–Trinajstić information content (AvgIpc) is 2.89. The van der Waals surface area contributed by atoms with Gasteiger partial charge in [-0.25, -0.2) is 0 Å². The molecule has 0 saturated heterocycles. The molecule has 0 aromatic heterocycles. The lowest BCUT2D eigenvalue weighted by atomic mass is 9.88. The summed E-state index contributed by atoms with van der Waals surface area (Å²) in [4.78, 5) is 0. The topological polar surface area (TPSA) is 12.0 Å². The van der Waals surface area contributed by atoms with Crippen LogP contribution >= 0.6 is 23.2 Å². The van der Waals surface area contributed by atoms with Crippen molar-refractivity contribution >= 4 is 23.2 Å². The monoisotopic (exact) mass is 483 g/mol. The van der Waals surface area contributed by atoms with Crippen LogP contribution in [0.2, 0.25) is 10.0 Å². The Morgan fingerprint density at radius 2 is 1.06 bits per heavy atom. The van der Waals surface area contributed by atoms with Crippen LogP contribution in [0.25, 0.3) is 33.4 Å². The molecule has 1 aliphatic carbocycles. The van der Waals surface area contributed by atoms with Gasteiger partial charge in [-0.15, -0.1) is 0 Å². The van der Waals surface area contributed by atoms with Crippen molar-refractivity contribution in [3.8, 4) is 33.4 Å². The molecule has 0 amide bonds. The molecular weight excluding hydrogens is 457 g/mol. The second-order valence-electron chi connectivity index (χ2n) is 9.44. The minimum Gasteiger partial charge on any atom is -0.312 e. The molecule has 4 aromatic carbocycles. The number of fused-ring (bicyclic) bond motifs is 2. The van der Waals surface area contributed by atoms with Gasteiger partial charge < -0.3 is 5.32 Å². The molecule has 0 radical (unpaired) electrons. The van der Waals surface area contributed by atoms with Crippen molar-refractivity contribution in [1.82, 2.24) is 5.32 Å². The van der Waals surface area contributed by atoms with Gasteiger partial charge in [-0.2, -0.15) is 0 Å². The van der Waals surface area contributed by atoms with Gasteiger partial charge in [0.05, 0.1) is 10.0 Å². The maximum atomic E-state index is 7.06. The lowest BCUT2D eigenvalue weighted by Gasteiger charge is -2.19. The minimum atomic E-state index is 0.746. The fourth-order valence-corrected chi connectivity index (χ4v) is 6.15. The van der Waals surface area contributed by atoms with Gasteiger partial charge in [0.25, 0.3) is 0 Å². The highest BCUT2D eigenvalue weighted by molar-refractivity contribution is 6.39. The van der Waals surface area contributed by atoms with E-state index >= 15 is 0 Å². The largest absolute Gasteiger partial charge is 0.312 e. The molecule has 34 heavy (non-hydrogen) atoms. The van der Waals surface area contributed by atoms with E-state index in [-0.39, 0.29) is 0 Å². The summed E-state index contributed by atoms with van der Waals surface area (Å²) in [7, 11) is 0. The third-order valence-corrected chi connectivity index (χ3v) is 8.17. The molecule has 2 aliphatic rings. The third kappa shape index (κ3) is 3.96. The van der Waals surface area contributed by atoms with Gasteiger partial charge in [-0.3, -0.25) is 0 Å². The van der Waals surface area contributed by atoms with E-state index in [2.05, 4.69) is 78.1 Å². The molecule has 1 nitrogen and oxygen atoms in total. The summed E-state index contributed by atoms with van der Waals surface area (Å²) in [5, 5.41) is 4.97. The molecule has 1 aliphatic heterocycles. The van der Waals surface area contributed by atoms with Crippen molar-refractivity contribution in [1.29, 1.82) is 0 Å². The Morgan fingerprint density at radius 1 is 0.529 bits per heavy atom. The predicted molar refractivity (Wildman–Crippen MR) is 145 cm³/mol. The fraction of sp³-hybridized carbons (Fsp3) is 0.226. The third-order valence-electron chi connectivity index (χ3n) is 7.35. The van der Waals surface area contributed by atoms with Crippen LogP contribution in [0, 0.1) is 0 Å². The van der Waals surface area contributed by atoms with E-state index in [1.807, 2.05) is 0 Å². The van der Waals surface area contributed by atoms with Gasteiger partial charge in [0.1, 0.15) is 0 Å². The smallest absolute Gasteiger partial charge is 0.0563 e. The molecule has 0 spiro atoms. The summed E-state index contributed by atoms with van der Waals surface area (Å²) in [6, 6.07) is 26.1. The Bertz CT molecular complexity index is 1280. The van der Waals surface area contributed by atoms with Crippen molar-refractivity contribution in [3.05, 3.63) is 105 Å². The van der Waals surface area contributed by atoms with E-state index in [0.717, 1.165) is 63.8 Å². The summed E-state index contributed by atoms with van der Waals surface area (Å²) >= 11 is 14.1. The van der Waals surface area contributed by atoms with Crippen LogP contribution in [0.5, 0.6) is 0 Å². The lowest BCUT2D eigenvalue weighted by molar-refractivity contribution is 0.644. The number of halogens is 2. The SMILES string of the molecule is Clc1c(-c2ccc3c(c2)CCCC3)cccc1-c1cccc(-c2ccc3c(c2)CNCC3)c1Cl. The Hall–Kier alpha value is -2.58. The molecule has 0 atom stereocenters. The number of hydrogen-bond donors (Lipinski definition) is 1. The van der Waals surface area contributed by atoms with Crippen molar-refractivity contribution in [2.45, 2.75) is 38.6 Å². The first-order valence-electron chi connectivity index (χ1n) is 12.2. The van der Waals surface area contributed by atoms with Crippen molar-refractivity contribution in [3.63, 3.8) is 0 Å². The first-order chi connectivity index (χ1) is 16.7. The molecular formula is C31H27Cl2N. The predicted octanol–water partition coefficient (Wildman–Crippen LogP) is 8.52. The van der Waals surface area contributed by atoms with Crippen molar-refractivity contribution in [2.75, 3.05) is 6.54 Å². The Labute approximate surface area is 211 Å². The standard InChI is InChI=1S/C31H27Cl2N/c32-30-26(23-13-11-20-5-1-2-6-22(20)17-23)7-3-9-28(30)29-10-4-8-27(31(29)33)24-14-12-21-15-16-34-19-25(21)18-24/h3-4,7-14,17-18,34H,1-2,5-6,15-16,19H2. The molecule has 0 saturated carbocycles. The zero-order chi connectivity index (χ0) is 23.1. The van der Waals surface area contributed by atoms with Crippen LogP contribution in [0.1, 0.15) is 35.1 Å². The minimum absolute atomic E-state index is 0.746. The molecule has 4 aromatic rings. The fourth-order valence-electron chi connectivity index (χ4n) is 5.47. The van der Waals surface area contributed by atoms with Crippen LogP contribution in [-0.2, 0) is 25.8 Å². The van der Waals surface area contributed by atoms with E-state index in [1.165, 1.54) is 47.1 Å². The Balaban J connectivity index is 1.42. The number of benzene rings is 4. The molecule has 3 heteroatoms. The van der Waals surface area contributed by atoms with Crippen LogP contribution in [-0.4, -0.2) is 6.54 Å². The first-order valence-corrected chi connectivity index (χ1v) is 13.0. The number of rotatable bonds is 3. The maximum Gasteiger partial charge on any atom is 0.0563 e. The van der Waals surface area contributed by atoms with Gasteiger partial charge in [0.2, 0.25) is 0 Å². The maximum absolute atomic E-state index is 7.06. The first kappa shape index (κ1) is 21.9. The number of aryl methyl sites for hydroxylation is 2. The molecule has 170 valence electrons. The summed E-state index contributed by atoms with van der Waals surface area (Å²) in [5.41, 5.74) is 12.1. The molecule has 1 N–H and O–H groups in total. The quantitative estimate of drug-likeness (QED) is 0.307. The Morgan fingerprint density at radius 3 is 1.71 bits per heavy atom. The molecule has 1 heterocycles. The van der Waals surface area contributed by atoms with Crippen LogP contribution in [0.4, 0.5) is 0 Å². The summed E-state index contributed by atoms with van der Waals surface area (Å²) in [5.74, 6) is 0. The van der Waals surface area contributed by atoms with E-state index in [0.29, 0.717) is 0 Å². The number of nitrogens with one attached hydrogen (secondary N) is 1. The highest BCUT2D eigenvalue weighted by atomic mass is 35.5. The van der Waals surface area contributed by atoms with E-state index < -0.39 is 0 Å². The lowest BCUT2D eigenvalue weighted by Crippen LogP contribution is -2.23. The number of hydrogen-bond acceptors (Lipinski definition) is 1. The summed E-state index contributed by atoms with van der Waals surface area (Å²) in [6.45, 7) is 1.96. The van der Waals surface area contributed by atoms with Gasteiger partial charge in [0.15, 0.2) is 0 Å². The summed E-state index contributed by atoms with van der Waals surface area (Å²) < 4.78 is 0. The molecule has 0 unspecified atom stereocenters. The molecule has 6 rings (SSSR count). The highest BCUT2D eigenvalue weighted by Crippen LogP contribution is 2.43. The zero-order valence-electron chi connectivity index (χ0n) is 19.1. The van der Waals surface area contributed by atoms with Crippen LogP contribution < -0.4 is 5.32 Å². The van der Waals surface area contributed by atoms with Gasteiger partial charge in [-0.1, -0.05) is 89.9 Å². The van der Waals surface area contributed by atoms with E-state index in [1.54, 1.807) is 0 Å². The van der Waals surface area contributed by atoms with Gasteiger partial charge in [-0.05, 0) is 78.1 Å². The highest BCUT2D eigenvalue weighted by Gasteiger charge is 2.18. The second-order valence-corrected chi connectivity index (χ2v) is 10.2. The zero-order valence-corrected chi connectivity index (χ0v) is 20.6. The van der Waals surface area contributed by atoms with Crippen molar-refractivity contribution < 1.29 is 0 Å². The molecule has 0 bridgehead atoms. The van der Waals surface area contributed by atoms with E-state index in [4.69, 9.17) is 23.2 Å². The normalized spacial score (nSPS) is 15.0.